The zero-order valence-corrected chi connectivity index (χ0v) is 10.9. The van der Waals surface area contributed by atoms with Crippen LogP contribution in [0.2, 0.25) is 0 Å². The zero-order chi connectivity index (χ0) is 13.1. The standard InChI is InChI=1S/C15H19N3O/c19-15-13-7-2-1-5-11(13)9-14(18-15)17-10-12-6-3-4-8-16-12/h1-2,5,7,9,12,16H,3-4,6,8,10H2,(H2,17,18,19). The van der Waals surface area contributed by atoms with Crippen molar-refractivity contribution in [3.05, 3.63) is 40.7 Å². The van der Waals surface area contributed by atoms with Gasteiger partial charge in [0.25, 0.3) is 5.56 Å². The molecule has 3 N–H and O–H groups in total. The fraction of sp³-hybridized carbons (Fsp3) is 0.400. The summed E-state index contributed by atoms with van der Waals surface area (Å²) in [6.45, 7) is 1.95. The molecular formula is C15H19N3O. The van der Waals surface area contributed by atoms with E-state index in [4.69, 9.17) is 0 Å². The van der Waals surface area contributed by atoms with E-state index in [0.29, 0.717) is 6.04 Å². The van der Waals surface area contributed by atoms with E-state index in [0.717, 1.165) is 29.7 Å². The van der Waals surface area contributed by atoms with Gasteiger partial charge in [0.1, 0.15) is 5.82 Å². The molecule has 1 fully saturated rings. The van der Waals surface area contributed by atoms with E-state index in [1.165, 1.54) is 19.3 Å². The van der Waals surface area contributed by atoms with Gasteiger partial charge in [0.15, 0.2) is 0 Å². The Morgan fingerprint density at radius 2 is 2.16 bits per heavy atom. The van der Waals surface area contributed by atoms with Crippen LogP contribution in [0.3, 0.4) is 0 Å². The van der Waals surface area contributed by atoms with Crippen molar-refractivity contribution in [3.8, 4) is 0 Å². The van der Waals surface area contributed by atoms with E-state index in [9.17, 15) is 4.79 Å². The zero-order valence-electron chi connectivity index (χ0n) is 10.9. The van der Waals surface area contributed by atoms with Gasteiger partial charge in [0.2, 0.25) is 0 Å². The van der Waals surface area contributed by atoms with Crippen LogP contribution in [0, 0.1) is 0 Å². The summed E-state index contributed by atoms with van der Waals surface area (Å²) in [7, 11) is 0. The van der Waals surface area contributed by atoms with Crippen molar-refractivity contribution in [2.45, 2.75) is 25.3 Å². The lowest BCUT2D eigenvalue weighted by molar-refractivity contribution is 0.414. The highest BCUT2D eigenvalue weighted by Gasteiger charge is 2.12. The fourth-order valence-electron chi connectivity index (χ4n) is 2.64. The molecule has 4 heteroatoms. The molecule has 0 spiro atoms. The number of aromatic nitrogens is 1. The highest BCUT2D eigenvalue weighted by molar-refractivity contribution is 5.83. The van der Waals surface area contributed by atoms with Crippen LogP contribution in [0.15, 0.2) is 35.1 Å². The molecule has 3 rings (SSSR count). The molecule has 0 saturated carbocycles. The highest BCUT2D eigenvalue weighted by Crippen LogP contribution is 2.13. The summed E-state index contributed by atoms with van der Waals surface area (Å²) >= 11 is 0. The van der Waals surface area contributed by atoms with E-state index in [-0.39, 0.29) is 5.56 Å². The Balaban J connectivity index is 1.75. The molecule has 1 atom stereocenters. The highest BCUT2D eigenvalue weighted by atomic mass is 16.1. The maximum absolute atomic E-state index is 11.9. The quantitative estimate of drug-likeness (QED) is 0.789. The molecule has 0 radical (unpaired) electrons. The molecule has 1 aromatic carbocycles. The monoisotopic (exact) mass is 257 g/mol. The molecule has 2 aromatic rings. The first kappa shape index (κ1) is 12.2. The first-order chi connectivity index (χ1) is 9.33. The number of benzene rings is 1. The minimum Gasteiger partial charge on any atom is -0.370 e. The van der Waals surface area contributed by atoms with Crippen molar-refractivity contribution in [3.63, 3.8) is 0 Å². The number of hydrogen-bond acceptors (Lipinski definition) is 3. The number of aromatic amines is 1. The summed E-state index contributed by atoms with van der Waals surface area (Å²) in [4.78, 5) is 14.8. The lowest BCUT2D eigenvalue weighted by Crippen LogP contribution is -2.39. The molecule has 1 saturated heterocycles. The van der Waals surface area contributed by atoms with E-state index in [1.807, 2.05) is 30.3 Å². The van der Waals surface area contributed by atoms with E-state index >= 15 is 0 Å². The number of hydrogen-bond donors (Lipinski definition) is 3. The molecule has 4 nitrogen and oxygen atoms in total. The maximum atomic E-state index is 11.9. The van der Waals surface area contributed by atoms with Crippen molar-refractivity contribution in [2.24, 2.45) is 0 Å². The number of piperidine rings is 1. The Bertz CT molecular complexity index is 614. The topological polar surface area (TPSA) is 56.9 Å². The minimum absolute atomic E-state index is 0.0304. The Labute approximate surface area is 112 Å². The number of anilines is 1. The van der Waals surface area contributed by atoms with E-state index in [1.54, 1.807) is 0 Å². The van der Waals surface area contributed by atoms with Gasteiger partial charge in [-0.25, -0.2) is 0 Å². The average molecular weight is 257 g/mol. The summed E-state index contributed by atoms with van der Waals surface area (Å²) in [5, 5.41) is 8.53. The van der Waals surface area contributed by atoms with Crippen LogP contribution in [0.4, 0.5) is 5.82 Å². The van der Waals surface area contributed by atoms with Crippen molar-refractivity contribution < 1.29 is 0 Å². The molecule has 0 amide bonds. The summed E-state index contributed by atoms with van der Waals surface area (Å²) in [6.07, 6.45) is 3.75. The second-order valence-corrected chi connectivity index (χ2v) is 5.13. The Kier molecular flexibility index (Phi) is 3.51. The molecule has 0 bridgehead atoms. The number of H-pyrrole nitrogens is 1. The average Bonchev–Trinajstić information content (AvgIpc) is 2.46. The molecule has 1 aliphatic heterocycles. The van der Waals surface area contributed by atoms with Crippen LogP contribution >= 0.6 is 0 Å². The molecule has 2 heterocycles. The number of fused-ring (bicyclic) bond motifs is 1. The third-order valence-corrected chi connectivity index (χ3v) is 3.70. The Morgan fingerprint density at radius 3 is 3.00 bits per heavy atom. The molecule has 1 aliphatic rings. The number of pyridine rings is 1. The molecule has 0 aliphatic carbocycles. The van der Waals surface area contributed by atoms with Crippen LogP contribution in [0.25, 0.3) is 10.8 Å². The summed E-state index contributed by atoms with van der Waals surface area (Å²) in [6, 6.07) is 10.2. The van der Waals surface area contributed by atoms with Crippen molar-refractivity contribution in [1.82, 2.24) is 10.3 Å². The Hall–Kier alpha value is -1.81. The van der Waals surface area contributed by atoms with Crippen LogP contribution in [-0.4, -0.2) is 24.1 Å². The molecule has 1 aromatic heterocycles. The first-order valence-electron chi connectivity index (χ1n) is 6.92. The lowest BCUT2D eigenvalue weighted by Gasteiger charge is -2.24. The largest absolute Gasteiger partial charge is 0.370 e. The van der Waals surface area contributed by atoms with Gasteiger partial charge in [0, 0.05) is 18.0 Å². The van der Waals surface area contributed by atoms with Crippen molar-refractivity contribution >= 4 is 16.6 Å². The van der Waals surface area contributed by atoms with Gasteiger partial charge in [-0.2, -0.15) is 0 Å². The molecule has 100 valence electrons. The summed E-state index contributed by atoms with van der Waals surface area (Å²) in [5.41, 5.74) is -0.0304. The van der Waals surface area contributed by atoms with Crippen molar-refractivity contribution in [2.75, 3.05) is 18.4 Å². The van der Waals surface area contributed by atoms with E-state index in [2.05, 4.69) is 15.6 Å². The van der Waals surface area contributed by atoms with Crippen LogP contribution in [0.5, 0.6) is 0 Å². The number of nitrogens with one attached hydrogen (secondary N) is 3. The predicted molar refractivity (Wildman–Crippen MR) is 78.7 cm³/mol. The van der Waals surface area contributed by atoms with Gasteiger partial charge in [-0.05, 0) is 36.9 Å². The van der Waals surface area contributed by atoms with Crippen LogP contribution < -0.4 is 16.2 Å². The predicted octanol–water partition coefficient (Wildman–Crippen LogP) is 2.08. The summed E-state index contributed by atoms with van der Waals surface area (Å²) in [5.74, 6) is 0.802. The normalized spacial score (nSPS) is 19.5. The van der Waals surface area contributed by atoms with Crippen molar-refractivity contribution in [1.29, 1.82) is 0 Å². The third-order valence-electron chi connectivity index (χ3n) is 3.70. The van der Waals surface area contributed by atoms with E-state index < -0.39 is 0 Å². The van der Waals surface area contributed by atoms with Gasteiger partial charge in [-0.3, -0.25) is 4.79 Å². The van der Waals surface area contributed by atoms with Gasteiger partial charge in [-0.15, -0.1) is 0 Å². The SMILES string of the molecule is O=c1[nH]c(NCC2CCCCN2)cc2ccccc12. The minimum atomic E-state index is -0.0304. The lowest BCUT2D eigenvalue weighted by atomic mass is 10.1. The van der Waals surface area contributed by atoms with Gasteiger partial charge >= 0.3 is 0 Å². The van der Waals surface area contributed by atoms with Gasteiger partial charge in [-0.1, -0.05) is 24.6 Å². The van der Waals surface area contributed by atoms with Gasteiger partial charge < -0.3 is 15.6 Å². The molecular weight excluding hydrogens is 238 g/mol. The second kappa shape index (κ2) is 5.45. The third kappa shape index (κ3) is 2.79. The van der Waals surface area contributed by atoms with Crippen LogP contribution in [0.1, 0.15) is 19.3 Å². The molecule has 19 heavy (non-hydrogen) atoms. The summed E-state index contributed by atoms with van der Waals surface area (Å²) < 4.78 is 0. The first-order valence-corrected chi connectivity index (χ1v) is 6.92. The second-order valence-electron chi connectivity index (χ2n) is 5.13. The Morgan fingerprint density at radius 1 is 1.26 bits per heavy atom. The molecule has 1 unspecified atom stereocenters. The van der Waals surface area contributed by atoms with Gasteiger partial charge in [0.05, 0.1) is 0 Å². The number of rotatable bonds is 3. The smallest absolute Gasteiger partial charge is 0.257 e. The van der Waals surface area contributed by atoms with Crippen LogP contribution in [-0.2, 0) is 0 Å². The fourth-order valence-corrected chi connectivity index (χ4v) is 2.64. The maximum Gasteiger partial charge on any atom is 0.257 e.